The lowest BCUT2D eigenvalue weighted by Gasteiger charge is -2.39. The standard InChI is InChI=1S/C21H24FN3O9/c22-11-5-9-13(25(8-1-2-8)7-10(14(9)26)20(30)31)6-12(11)23-3-4-24-19-17(29)15(27)16(28)18(34-19)21(32)33/h5-8,15-19,23-24,27-29H,1-4H2,(H,30,31)(H,32,33)/t15-,16-,17+,18-,19+/m0/s1. The number of hydrogen-bond acceptors (Lipinski definition) is 9. The molecule has 1 aromatic heterocycles. The van der Waals surface area contributed by atoms with Gasteiger partial charge in [0, 0.05) is 30.7 Å². The molecule has 13 heteroatoms. The molecule has 1 saturated heterocycles. The third-order valence-electron chi connectivity index (χ3n) is 5.93. The minimum atomic E-state index is -1.80. The summed E-state index contributed by atoms with van der Waals surface area (Å²) in [6.07, 6.45) is -5.29. The summed E-state index contributed by atoms with van der Waals surface area (Å²) in [7, 11) is 0. The second kappa shape index (κ2) is 9.27. The molecule has 1 aliphatic heterocycles. The van der Waals surface area contributed by atoms with Crippen molar-refractivity contribution < 1.29 is 44.2 Å². The van der Waals surface area contributed by atoms with Gasteiger partial charge >= 0.3 is 11.9 Å². The Hall–Kier alpha value is -3.10. The number of aliphatic hydroxyl groups excluding tert-OH is 3. The number of nitrogens with one attached hydrogen (secondary N) is 2. The van der Waals surface area contributed by atoms with E-state index in [-0.39, 0.29) is 30.2 Å². The van der Waals surface area contributed by atoms with Crippen LogP contribution in [0.3, 0.4) is 0 Å². The molecule has 0 amide bonds. The molecule has 7 N–H and O–H groups in total. The van der Waals surface area contributed by atoms with E-state index in [1.165, 1.54) is 12.3 Å². The number of carboxylic acid groups (broad SMARTS) is 2. The van der Waals surface area contributed by atoms with Crippen LogP contribution >= 0.6 is 0 Å². The van der Waals surface area contributed by atoms with Crippen LogP contribution in [0.4, 0.5) is 10.1 Å². The lowest BCUT2D eigenvalue weighted by molar-refractivity contribution is -0.233. The molecule has 12 nitrogen and oxygen atoms in total. The molecule has 4 rings (SSSR count). The maximum absolute atomic E-state index is 14.7. The average Bonchev–Trinajstić information content (AvgIpc) is 3.62. The van der Waals surface area contributed by atoms with Crippen molar-refractivity contribution in [3.8, 4) is 0 Å². The fraction of sp³-hybridized carbons (Fsp3) is 0.476. The van der Waals surface area contributed by atoms with Crippen LogP contribution in [0.1, 0.15) is 29.2 Å². The number of halogens is 1. The van der Waals surface area contributed by atoms with Crippen molar-refractivity contribution in [2.75, 3.05) is 18.4 Å². The number of carbonyl (C=O) groups is 2. The molecule has 1 aliphatic carbocycles. The van der Waals surface area contributed by atoms with Gasteiger partial charge in [0.25, 0.3) is 0 Å². The number of ether oxygens (including phenoxy) is 1. The van der Waals surface area contributed by atoms with Gasteiger partial charge in [-0.05, 0) is 25.0 Å². The number of pyridine rings is 1. The lowest BCUT2D eigenvalue weighted by Crippen LogP contribution is -2.63. The summed E-state index contributed by atoms with van der Waals surface area (Å²) in [6, 6.07) is 2.43. The van der Waals surface area contributed by atoms with Crippen molar-refractivity contribution >= 4 is 28.5 Å². The van der Waals surface area contributed by atoms with Crippen molar-refractivity contribution in [2.45, 2.75) is 49.5 Å². The van der Waals surface area contributed by atoms with Crippen molar-refractivity contribution in [1.29, 1.82) is 0 Å². The Morgan fingerprint density at radius 2 is 1.79 bits per heavy atom. The molecule has 1 aromatic carbocycles. The predicted octanol–water partition coefficient (Wildman–Crippen LogP) is -0.933. The van der Waals surface area contributed by atoms with Gasteiger partial charge in [-0.2, -0.15) is 0 Å². The van der Waals surface area contributed by atoms with Gasteiger partial charge in [-0.1, -0.05) is 0 Å². The van der Waals surface area contributed by atoms with Gasteiger partial charge in [-0.3, -0.25) is 10.1 Å². The van der Waals surface area contributed by atoms with Crippen LogP contribution < -0.4 is 16.1 Å². The molecule has 5 atom stereocenters. The zero-order chi connectivity index (χ0) is 24.7. The summed E-state index contributed by atoms with van der Waals surface area (Å²) in [6.45, 7) is 0.119. The summed E-state index contributed by atoms with van der Waals surface area (Å²) in [5.74, 6) is -3.66. The van der Waals surface area contributed by atoms with E-state index in [9.17, 15) is 39.2 Å². The lowest BCUT2D eigenvalue weighted by atomic mass is 9.98. The number of anilines is 1. The molecule has 2 fully saturated rings. The quantitative estimate of drug-likeness (QED) is 0.231. The minimum Gasteiger partial charge on any atom is -0.479 e. The Bertz CT molecular complexity index is 1180. The van der Waals surface area contributed by atoms with E-state index in [4.69, 9.17) is 9.84 Å². The number of aromatic carboxylic acids is 1. The highest BCUT2D eigenvalue weighted by molar-refractivity contribution is 5.93. The Kier molecular flexibility index (Phi) is 6.55. The van der Waals surface area contributed by atoms with Crippen molar-refractivity contribution in [2.24, 2.45) is 0 Å². The third kappa shape index (κ3) is 4.48. The molecule has 0 spiro atoms. The molecule has 2 heterocycles. The van der Waals surface area contributed by atoms with Gasteiger partial charge < -0.3 is 40.2 Å². The monoisotopic (exact) mass is 481 g/mol. The number of benzene rings is 1. The number of aromatic nitrogens is 1. The van der Waals surface area contributed by atoms with Crippen molar-refractivity contribution in [3.63, 3.8) is 0 Å². The molecule has 184 valence electrons. The molecule has 0 bridgehead atoms. The Morgan fingerprint density at radius 3 is 2.41 bits per heavy atom. The number of aliphatic carboxylic acids is 1. The van der Waals surface area contributed by atoms with Gasteiger partial charge in [-0.15, -0.1) is 0 Å². The van der Waals surface area contributed by atoms with Gasteiger partial charge in [0.1, 0.15) is 35.9 Å². The fourth-order valence-corrected chi connectivity index (χ4v) is 3.98. The minimum absolute atomic E-state index is 0.0232. The number of carboxylic acids is 2. The first-order valence-corrected chi connectivity index (χ1v) is 10.6. The molecule has 2 aliphatic rings. The van der Waals surface area contributed by atoms with Crippen LogP contribution in [0, 0.1) is 5.82 Å². The second-order valence-electron chi connectivity index (χ2n) is 8.33. The summed E-state index contributed by atoms with van der Waals surface area (Å²) < 4.78 is 21.5. The van der Waals surface area contributed by atoms with E-state index >= 15 is 0 Å². The zero-order valence-corrected chi connectivity index (χ0v) is 17.7. The number of nitrogens with zero attached hydrogens (tertiary/aromatic N) is 1. The van der Waals surface area contributed by atoms with E-state index in [0.29, 0.717) is 5.52 Å². The average molecular weight is 481 g/mol. The number of fused-ring (bicyclic) bond motifs is 1. The van der Waals surface area contributed by atoms with Crippen LogP contribution in [-0.4, -0.2) is 85.8 Å². The zero-order valence-electron chi connectivity index (χ0n) is 17.7. The van der Waals surface area contributed by atoms with E-state index in [2.05, 4.69) is 10.6 Å². The van der Waals surface area contributed by atoms with Crippen LogP contribution in [-0.2, 0) is 9.53 Å². The molecular formula is C21H24FN3O9. The van der Waals surface area contributed by atoms with Gasteiger partial charge in [-0.25, -0.2) is 14.0 Å². The molecular weight excluding hydrogens is 457 g/mol. The van der Waals surface area contributed by atoms with E-state index in [1.54, 1.807) is 4.57 Å². The fourth-order valence-electron chi connectivity index (χ4n) is 3.98. The van der Waals surface area contributed by atoms with Crippen LogP contribution in [0.5, 0.6) is 0 Å². The maximum atomic E-state index is 14.7. The molecule has 34 heavy (non-hydrogen) atoms. The largest absolute Gasteiger partial charge is 0.479 e. The normalized spacial score (nSPS) is 27.0. The van der Waals surface area contributed by atoms with Crippen molar-refractivity contribution in [1.82, 2.24) is 9.88 Å². The van der Waals surface area contributed by atoms with Gasteiger partial charge in [0.2, 0.25) is 5.43 Å². The third-order valence-corrected chi connectivity index (χ3v) is 5.93. The first kappa shape index (κ1) is 24.0. The number of aliphatic hydroxyl groups is 3. The highest BCUT2D eigenvalue weighted by Gasteiger charge is 2.46. The maximum Gasteiger partial charge on any atom is 0.341 e. The van der Waals surface area contributed by atoms with E-state index in [0.717, 1.165) is 18.9 Å². The van der Waals surface area contributed by atoms with Crippen LogP contribution in [0.25, 0.3) is 10.9 Å². The summed E-state index contributed by atoms with van der Waals surface area (Å²) in [5, 5.41) is 53.4. The van der Waals surface area contributed by atoms with Crippen LogP contribution in [0.2, 0.25) is 0 Å². The smallest absolute Gasteiger partial charge is 0.341 e. The van der Waals surface area contributed by atoms with Gasteiger partial charge in [0.15, 0.2) is 6.10 Å². The van der Waals surface area contributed by atoms with E-state index < -0.39 is 59.4 Å². The Balaban J connectivity index is 1.48. The van der Waals surface area contributed by atoms with Crippen molar-refractivity contribution in [3.05, 3.63) is 39.9 Å². The summed E-state index contributed by atoms with van der Waals surface area (Å²) >= 11 is 0. The second-order valence-corrected chi connectivity index (χ2v) is 8.33. The summed E-state index contributed by atoms with van der Waals surface area (Å²) in [5.41, 5.74) is -0.762. The Labute approximate surface area is 191 Å². The molecule has 1 saturated carbocycles. The SMILES string of the molecule is O=C(O)c1cn(C2CC2)c2cc(NCCN[C@@H]3O[C@H](C(=O)O)[C@@H](O)[C@H](O)[C@H]3O)c(F)cc2c1=O. The predicted molar refractivity (Wildman–Crippen MR) is 114 cm³/mol. The highest BCUT2D eigenvalue weighted by Crippen LogP contribution is 2.37. The first-order chi connectivity index (χ1) is 16.1. The molecule has 0 radical (unpaired) electrons. The molecule has 0 unspecified atom stereocenters. The number of rotatable bonds is 8. The molecule has 2 aromatic rings. The number of hydrogen-bond donors (Lipinski definition) is 7. The van der Waals surface area contributed by atoms with E-state index in [1.807, 2.05) is 0 Å². The first-order valence-electron chi connectivity index (χ1n) is 10.6. The Morgan fingerprint density at radius 1 is 1.09 bits per heavy atom. The highest BCUT2D eigenvalue weighted by atomic mass is 19.1. The van der Waals surface area contributed by atoms with Crippen LogP contribution in [0.15, 0.2) is 23.1 Å². The summed E-state index contributed by atoms with van der Waals surface area (Å²) in [4.78, 5) is 35.1. The van der Waals surface area contributed by atoms with Gasteiger partial charge in [0.05, 0.1) is 11.2 Å². The topological polar surface area (TPSA) is 191 Å².